The van der Waals surface area contributed by atoms with Gasteiger partial charge in [0.1, 0.15) is 0 Å². The Kier molecular flexibility index (Phi) is 3.89. The third-order valence-electron chi connectivity index (χ3n) is 5.45. The van der Waals surface area contributed by atoms with Crippen molar-refractivity contribution >= 4 is 21.6 Å². The highest BCUT2D eigenvalue weighted by Gasteiger charge is 2.35. The van der Waals surface area contributed by atoms with E-state index in [1.807, 2.05) is 0 Å². The van der Waals surface area contributed by atoms with Gasteiger partial charge in [-0.15, -0.1) is 0 Å². The van der Waals surface area contributed by atoms with Gasteiger partial charge in [-0.3, -0.25) is 4.79 Å². The molecule has 24 heavy (non-hydrogen) atoms. The molecule has 1 N–H and O–H groups in total. The van der Waals surface area contributed by atoms with Crippen LogP contribution in [-0.4, -0.2) is 50.3 Å². The Bertz CT molecular complexity index is 777. The van der Waals surface area contributed by atoms with E-state index in [2.05, 4.69) is 5.32 Å². The van der Waals surface area contributed by atoms with E-state index in [9.17, 15) is 13.2 Å². The Morgan fingerprint density at radius 2 is 1.96 bits per heavy atom. The fourth-order valence-corrected chi connectivity index (χ4v) is 5.70. The summed E-state index contributed by atoms with van der Waals surface area (Å²) in [7, 11) is -3.48. The topological polar surface area (TPSA) is 69.7 Å². The fourth-order valence-electron chi connectivity index (χ4n) is 4.14. The van der Waals surface area contributed by atoms with E-state index in [0.29, 0.717) is 37.0 Å². The smallest absolute Gasteiger partial charge is 0.243 e. The summed E-state index contributed by atoms with van der Waals surface area (Å²) in [4.78, 5) is 13.7. The zero-order chi connectivity index (χ0) is 16.9. The van der Waals surface area contributed by atoms with Crippen LogP contribution in [0.3, 0.4) is 0 Å². The number of fused-ring (bicyclic) bond motifs is 3. The van der Waals surface area contributed by atoms with Gasteiger partial charge in [0.05, 0.1) is 4.90 Å². The van der Waals surface area contributed by atoms with Gasteiger partial charge in [-0.2, -0.15) is 4.31 Å². The highest BCUT2D eigenvalue weighted by molar-refractivity contribution is 7.89. The van der Waals surface area contributed by atoms with Crippen molar-refractivity contribution in [1.82, 2.24) is 9.62 Å². The quantitative estimate of drug-likeness (QED) is 0.868. The van der Waals surface area contributed by atoms with Gasteiger partial charge in [-0.25, -0.2) is 8.42 Å². The zero-order valence-corrected chi connectivity index (χ0v) is 14.7. The molecule has 0 spiro atoms. The molecule has 0 saturated carbocycles. The van der Waals surface area contributed by atoms with Crippen molar-refractivity contribution in [2.24, 2.45) is 0 Å². The molecule has 1 aromatic rings. The molecule has 7 heteroatoms. The van der Waals surface area contributed by atoms with Gasteiger partial charge in [0.15, 0.2) is 0 Å². The first-order valence-electron chi connectivity index (χ1n) is 8.62. The molecule has 1 amide bonds. The first-order valence-corrected chi connectivity index (χ1v) is 10.1. The monoisotopic (exact) mass is 349 g/mol. The summed E-state index contributed by atoms with van der Waals surface area (Å²) < 4.78 is 27.7. The zero-order valence-electron chi connectivity index (χ0n) is 13.9. The van der Waals surface area contributed by atoms with Gasteiger partial charge < -0.3 is 10.2 Å². The van der Waals surface area contributed by atoms with Crippen LogP contribution in [0.4, 0.5) is 5.69 Å². The van der Waals surface area contributed by atoms with E-state index in [0.717, 1.165) is 30.5 Å². The maximum absolute atomic E-state index is 13.0. The molecular formula is C17H23N3O3S. The van der Waals surface area contributed by atoms with Crippen LogP contribution >= 0.6 is 0 Å². The minimum Gasteiger partial charge on any atom is -0.312 e. The van der Waals surface area contributed by atoms with E-state index in [1.165, 1.54) is 0 Å². The van der Waals surface area contributed by atoms with Crippen LogP contribution in [0.5, 0.6) is 0 Å². The van der Waals surface area contributed by atoms with Gasteiger partial charge in [-0.1, -0.05) is 0 Å². The molecule has 2 saturated heterocycles. The molecule has 3 aliphatic heterocycles. The minimum absolute atomic E-state index is 0.000949. The number of carbonyl (C=O) groups excluding carboxylic acids is 1. The summed E-state index contributed by atoms with van der Waals surface area (Å²) >= 11 is 0. The Hall–Kier alpha value is -1.44. The Balaban J connectivity index is 1.62. The number of rotatable bonds is 2. The van der Waals surface area contributed by atoms with Crippen LogP contribution in [0.2, 0.25) is 0 Å². The Morgan fingerprint density at radius 3 is 2.75 bits per heavy atom. The number of hydrogen-bond acceptors (Lipinski definition) is 4. The average molecular weight is 349 g/mol. The molecule has 3 heterocycles. The molecular weight excluding hydrogens is 326 g/mol. The molecule has 0 aromatic heterocycles. The molecule has 3 aliphatic rings. The van der Waals surface area contributed by atoms with Crippen molar-refractivity contribution in [3.05, 3.63) is 23.8 Å². The summed E-state index contributed by atoms with van der Waals surface area (Å²) in [6.07, 6.45) is 3.79. The predicted molar refractivity (Wildman–Crippen MR) is 91.5 cm³/mol. The lowest BCUT2D eigenvalue weighted by atomic mass is 10.1. The predicted octanol–water partition coefficient (Wildman–Crippen LogP) is 1.11. The lowest BCUT2D eigenvalue weighted by molar-refractivity contribution is -0.116. The average Bonchev–Trinajstić information content (AvgIpc) is 3.09. The number of carbonyl (C=O) groups is 1. The van der Waals surface area contributed by atoms with Gasteiger partial charge in [0, 0.05) is 44.3 Å². The number of amides is 1. The number of nitrogens with one attached hydrogen (secondary N) is 1. The molecule has 2 atom stereocenters. The van der Waals surface area contributed by atoms with Gasteiger partial charge >= 0.3 is 0 Å². The molecule has 130 valence electrons. The normalized spacial score (nSPS) is 27.1. The van der Waals surface area contributed by atoms with E-state index < -0.39 is 10.0 Å². The second-order valence-corrected chi connectivity index (χ2v) is 8.94. The Labute approximate surface area is 142 Å². The number of benzene rings is 1. The summed E-state index contributed by atoms with van der Waals surface area (Å²) in [6, 6.07) is 5.91. The van der Waals surface area contributed by atoms with Crippen LogP contribution in [0.1, 0.15) is 31.7 Å². The standard InChI is InChI=1S/C17H23N3O3S/c1-12(21)20-9-6-13-10-16(4-5-17(13)20)24(22,23)19-8-7-14-2-3-15(11-19)18-14/h4-5,10,14-15,18H,2-3,6-9,11H2,1H3. The maximum Gasteiger partial charge on any atom is 0.243 e. The van der Waals surface area contributed by atoms with Crippen LogP contribution in [0.15, 0.2) is 23.1 Å². The van der Waals surface area contributed by atoms with Crippen molar-refractivity contribution < 1.29 is 13.2 Å². The SMILES string of the molecule is CC(=O)N1CCc2cc(S(=O)(=O)N3CCC4CCC(C3)N4)ccc21. The highest BCUT2D eigenvalue weighted by Crippen LogP contribution is 2.32. The molecule has 4 rings (SSSR count). The fraction of sp³-hybridized carbons (Fsp3) is 0.588. The van der Waals surface area contributed by atoms with E-state index >= 15 is 0 Å². The minimum atomic E-state index is -3.48. The molecule has 0 aliphatic carbocycles. The third kappa shape index (κ3) is 2.64. The number of hydrogen-bond donors (Lipinski definition) is 1. The van der Waals surface area contributed by atoms with Gasteiger partial charge in [0.25, 0.3) is 0 Å². The summed E-state index contributed by atoms with van der Waals surface area (Å²) in [5.74, 6) is -0.000949. The number of anilines is 1. The van der Waals surface area contributed by atoms with Crippen molar-refractivity contribution in [3.63, 3.8) is 0 Å². The third-order valence-corrected chi connectivity index (χ3v) is 7.31. The molecule has 6 nitrogen and oxygen atoms in total. The highest BCUT2D eigenvalue weighted by atomic mass is 32.2. The van der Waals surface area contributed by atoms with Crippen molar-refractivity contribution in [2.75, 3.05) is 24.5 Å². The second-order valence-electron chi connectivity index (χ2n) is 7.00. The van der Waals surface area contributed by atoms with E-state index in [4.69, 9.17) is 0 Å². The first kappa shape index (κ1) is 16.1. The first-order chi connectivity index (χ1) is 11.4. The second kappa shape index (κ2) is 5.82. The number of sulfonamides is 1. The van der Waals surface area contributed by atoms with Crippen LogP contribution in [0, 0.1) is 0 Å². The molecule has 2 unspecified atom stereocenters. The van der Waals surface area contributed by atoms with Crippen LogP contribution < -0.4 is 10.2 Å². The van der Waals surface area contributed by atoms with Crippen molar-refractivity contribution in [1.29, 1.82) is 0 Å². The van der Waals surface area contributed by atoms with E-state index in [1.54, 1.807) is 34.3 Å². The van der Waals surface area contributed by atoms with Gasteiger partial charge in [0.2, 0.25) is 15.9 Å². The van der Waals surface area contributed by atoms with E-state index in [-0.39, 0.29) is 11.9 Å². The van der Waals surface area contributed by atoms with Crippen LogP contribution in [0.25, 0.3) is 0 Å². The lowest BCUT2D eigenvalue weighted by Crippen LogP contribution is -2.39. The van der Waals surface area contributed by atoms with Crippen LogP contribution in [-0.2, 0) is 21.2 Å². The molecule has 1 aromatic carbocycles. The molecule has 2 bridgehead atoms. The summed E-state index contributed by atoms with van der Waals surface area (Å²) in [5.41, 5.74) is 1.79. The largest absolute Gasteiger partial charge is 0.312 e. The number of nitrogens with zero attached hydrogens (tertiary/aromatic N) is 2. The van der Waals surface area contributed by atoms with Crippen molar-refractivity contribution in [3.8, 4) is 0 Å². The van der Waals surface area contributed by atoms with Gasteiger partial charge in [-0.05, 0) is 49.4 Å². The summed E-state index contributed by atoms with van der Waals surface area (Å²) in [5, 5.41) is 3.52. The molecule has 2 fully saturated rings. The Morgan fingerprint density at radius 1 is 1.17 bits per heavy atom. The van der Waals surface area contributed by atoms with Crippen molar-refractivity contribution in [2.45, 2.75) is 49.6 Å². The lowest BCUT2D eigenvalue weighted by Gasteiger charge is -2.24. The molecule has 0 radical (unpaired) electrons. The summed E-state index contributed by atoms with van der Waals surface area (Å²) in [6.45, 7) is 3.30. The maximum atomic E-state index is 13.0.